The standard InChI is InChI=1S/C12H14ClNO/c1-9-4-2-3-5-10(9)7-14-8-11(13)6-12(14)15/h2-5,11H,6-8H2,1H3. The molecule has 0 aliphatic carbocycles. The molecule has 1 atom stereocenters. The zero-order chi connectivity index (χ0) is 10.8. The zero-order valence-electron chi connectivity index (χ0n) is 8.74. The van der Waals surface area contributed by atoms with Gasteiger partial charge in [0.1, 0.15) is 0 Å². The highest BCUT2D eigenvalue weighted by molar-refractivity contribution is 6.22. The second kappa shape index (κ2) is 4.23. The first-order valence-corrected chi connectivity index (χ1v) is 5.57. The van der Waals surface area contributed by atoms with Crippen molar-refractivity contribution in [1.29, 1.82) is 0 Å². The van der Waals surface area contributed by atoms with Crippen LogP contribution in [0.15, 0.2) is 24.3 Å². The molecule has 1 fully saturated rings. The molecule has 0 aromatic heterocycles. The molecule has 0 saturated carbocycles. The molecule has 1 unspecified atom stereocenters. The van der Waals surface area contributed by atoms with Crippen molar-refractivity contribution in [3.63, 3.8) is 0 Å². The predicted molar refractivity (Wildman–Crippen MR) is 60.9 cm³/mol. The molecule has 15 heavy (non-hydrogen) atoms. The number of benzene rings is 1. The summed E-state index contributed by atoms with van der Waals surface area (Å²) < 4.78 is 0. The second-order valence-electron chi connectivity index (χ2n) is 4.00. The van der Waals surface area contributed by atoms with E-state index in [4.69, 9.17) is 11.6 Å². The molecule has 1 aromatic carbocycles. The van der Waals surface area contributed by atoms with Gasteiger partial charge in [0.05, 0.1) is 5.38 Å². The first kappa shape index (κ1) is 10.5. The van der Waals surface area contributed by atoms with E-state index in [1.54, 1.807) is 0 Å². The SMILES string of the molecule is Cc1ccccc1CN1CC(Cl)CC1=O. The topological polar surface area (TPSA) is 20.3 Å². The van der Waals surface area contributed by atoms with Gasteiger partial charge in [-0.3, -0.25) is 4.79 Å². The van der Waals surface area contributed by atoms with Crippen LogP contribution in [-0.4, -0.2) is 22.7 Å². The van der Waals surface area contributed by atoms with Gasteiger partial charge in [-0.25, -0.2) is 0 Å². The summed E-state index contributed by atoms with van der Waals surface area (Å²) in [5.74, 6) is 0.165. The normalized spacial score (nSPS) is 21.1. The van der Waals surface area contributed by atoms with Crippen LogP contribution in [0.4, 0.5) is 0 Å². The van der Waals surface area contributed by atoms with Crippen LogP contribution in [0.3, 0.4) is 0 Å². The van der Waals surface area contributed by atoms with Crippen molar-refractivity contribution in [2.45, 2.75) is 25.3 Å². The highest BCUT2D eigenvalue weighted by Gasteiger charge is 2.27. The Balaban J connectivity index is 2.09. The molecule has 2 nitrogen and oxygen atoms in total. The van der Waals surface area contributed by atoms with Gasteiger partial charge in [-0.2, -0.15) is 0 Å². The van der Waals surface area contributed by atoms with Crippen molar-refractivity contribution in [2.24, 2.45) is 0 Å². The smallest absolute Gasteiger partial charge is 0.224 e. The van der Waals surface area contributed by atoms with E-state index in [2.05, 4.69) is 19.1 Å². The maximum Gasteiger partial charge on any atom is 0.224 e. The molecular formula is C12H14ClNO. The lowest BCUT2D eigenvalue weighted by atomic mass is 10.1. The van der Waals surface area contributed by atoms with Gasteiger partial charge in [-0.1, -0.05) is 24.3 Å². The van der Waals surface area contributed by atoms with Gasteiger partial charge in [0.15, 0.2) is 0 Å². The molecule has 1 aliphatic rings. The Morgan fingerprint density at radius 3 is 2.80 bits per heavy atom. The Hall–Kier alpha value is -1.02. The molecule has 80 valence electrons. The van der Waals surface area contributed by atoms with Crippen molar-refractivity contribution < 1.29 is 4.79 Å². The molecule has 0 bridgehead atoms. The number of alkyl halides is 1. The fourth-order valence-electron chi connectivity index (χ4n) is 1.87. The summed E-state index contributed by atoms with van der Waals surface area (Å²) in [6.07, 6.45) is 0.480. The Labute approximate surface area is 94.8 Å². The number of carbonyl (C=O) groups excluding carboxylic acids is 1. The van der Waals surface area contributed by atoms with Crippen LogP contribution >= 0.6 is 11.6 Å². The molecule has 3 heteroatoms. The molecule has 0 radical (unpaired) electrons. The number of hydrogen-bond donors (Lipinski definition) is 0. The van der Waals surface area contributed by atoms with Crippen LogP contribution < -0.4 is 0 Å². The van der Waals surface area contributed by atoms with Crippen molar-refractivity contribution >= 4 is 17.5 Å². The number of carbonyl (C=O) groups is 1. The minimum atomic E-state index is -0.0125. The molecule has 0 spiro atoms. The summed E-state index contributed by atoms with van der Waals surface area (Å²) in [5, 5.41) is -0.0125. The van der Waals surface area contributed by atoms with Crippen molar-refractivity contribution in [1.82, 2.24) is 4.90 Å². The van der Waals surface area contributed by atoms with Crippen LogP contribution in [0, 0.1) is 6.92 Å². The van der Waals surface area contributed by atoms with Crippen LogP contribution in [0.2, 0.25) is 0 Å². The first-order chi connectivity index (χ1) is 7.16. The number of likely N-dealkylation sites (tertiary alicyclic amines) is 1. The Morgan fingerprint density at radius 2 is 2.20 bits per heavy atom. The van der Waals surface area contributed by atoms with Crippen molar-refractivity contribution in [3.05, 3.63) is 35.4 Å². The highest BCUT2D eigenvalue weighted by atomic mass is 35.5. The maximum absolute atomic E-state index is 11.5. The first-order valence-electron chi connectivity index (χ1n) is 5.13. The van der Waals surface area contributed by atoms with Crippen LogP contribution in [-0.2, 0) is 11.3 Å². The Bertz CT molecular complexity index is 378. The van der Waals surface area contributed by atoms with Gasteiger partial charge in [0.2, 0.25) is 5.91 Å². The van der Waals surface area contributed by atoms with Crippen LogP contribution in [0.1, 0.15) is 17.5 Å². The minimum absolute atomic E-state index is 0.0125. The van der Waals surface area contributed by atoms with E-state index in [-0.39, 0.29) is 11.3 Å². The number of nitrogens with zero attached hydrogens (tertiary/aromatic N) is 1. The third-order valence-corrected chi connectivity index (χ3v) is 3.08. The summed E-state index contributed by atoms with van der Waals surface area (Å²) in [6.45, 7) is 3.43. The van der Waals surface area contributed by atoms with E-state index in [0.29, 0.717) is 19.5 Å². The predicted octanol–water partition coefficient (Wildman–Crippen LogP) is 2.33. The lowest BCUT2D eigenvalue weighted by Gasteiger charge is -2.17. The highest BCUT2D eigenvalue weighted by Crippen LogP contribution is 2.20. The molecule has 1 aliphatic heterocycles. The van der Waals surface area contributed by atoms with Gasteiger partial charge in [0, 0.05) is 19.5 Å². The van der Waals surface area contributed by atoms with E-state index < -0.39 is 0 Å². The van der Waals surface area contributed by atoms with Crippen LogP contribution in [0.25, 0.3) is 0 Å². The van der Waals surface area contributed by atoms with E-state index >= 15 is 0 Å². The molecule has 1 heterocycles. The minimum Gasteiger partial charge on any atom is -0.337 e. The summed E-state index contributed by atoms with van der Waals surface area (Å²) in [5.41, 5.74) is 2.43. The van der Waals surface area contributed by atoms with E-state index in [1.165, 1.54) is 11.1 Å². The number of rotatable bonds is 2. The van der Waals surface area contributed by atoms with Crippen molar-refractivity contribution in [3.8, 4) is 0 Å². The van der Waals surface area contributed by atoms with Gasteiger partial charge in [-0.15, -0.1) is 11.6 Å². The van der Waals surface area contributed by atoms with E-state index in [0.717, 1.165) is 0 Å². The lowest BCUT2D eigenvalue weighted by Crippen LogP contribution is -2.25. The molecule has 2 rings (SSSR count). The number of amides is 1. The van der Waals surface area contributed by atoms with E-state index in [9.17, 15) is 4.79 Å². The quantitative estimate of drug-likeness (QED) is 0.705. The fraction of sp³-hybridized carbons (Fsp3) is 0.417. The third kappa shape index (κ3) is 2.32. The van der Waals surface area contributed by atoms with Crippen molar-refractivity contribution in [2.75, 3.05) is 6.54 Å². The zero-order valence-corrected chi connectivity index (χ0v) is 9.50. The lowest BCUT2D eigenvalue weighted by molar-refractivity contribution is -0.128. The average molecular weight is 224 g/mol. The summed E-state index contributed by atoms with van der Waals surface area (Å²) >= 11 is 5.95. The summed E-state index contributed by atoms with van der Waals surface area (Å²) in [6, 6.07) is 8.13. The average Bonchev–Trinajstić information content (AvgIpc) is 2.49. The molecule has 0 N–H and O–H groups in total. The summed E-state index contributed by atoms with van der Waals surface area (Å²) in [7, 11) is 0. The van der Waals surface area contributed by atoms with Gasteiger partial charge in [0.25, 0.3) is 0 Å². The fourth-order valence-corrected chi connectivity index (χ4v) is 2.17. The van der Waals surface area contributed by atoms with E-state index in [1.807, 2.05) is 17.0 Å². The molecule has 1 aromatic rings. The number of hydrogen-bond acceptors (Lipinski definition) is 1. The molecular weight excluding hydrogens is 210 g/mol. The Morgan fingerprint density at radius 1 is 1.47 bits per heavy atom. The van der Waals surface area contributed by atoms with Gasteiger partial charge >= 0.3 is 0 Å². The van der Waals surface area contributed by atoms with Gasteiger partial charge in [-0.05, 0) is 18.1 Å². The van der Waals surface area contributed by atoms with Gasteiger partial charge < -0.3 is 4.90 Å². The number of halogens is 1. The largest absolute Gasteiger partial charge is 0.337 e. The monoisotopic (exact) mass is 223 g/mol. The number of aryl methyl sites for hydroxylation is 1. The summed E-state index contributed by atoms with van der Waals surface area (Å²) in [4.78, 5) is 13.4. The second-order valence-corrected chi connectivity index (χ2v) is 4.62. The van der Waals surface area contributed by atoms with Crippen LogP contribution in [0.5, 0.6) is 0 Å². The molecule has 1 amide bonds. The molecule has 1 saturated heterocycles. The maximum atomic E-state index is 11.5. The third-order valence-electron chi connectivity index (χ3n) is 2.79. The Kier molecular flexibility index (Phi) is 2.96.